The summed E-state index contributed by atoms with van der Waals surface area (Å²) in [5.74, 6) is 0.0766. The number of aryl methyl sites for hydroxylation is 1. The van der Waals surface area contributed by atoms with Crippen molar-refractivity contribution in [3.8, 4) is 0 Å². The predicted molar refractivity (Wildman–Crippen MR) is 125 cm³/mol. The van der Waals surface area contributed by atoms with Gasteiger partial charge in [0.1, 0.15) is 11.9 Å². The molecule has 2 atom stereocenters. The number of hydrogen-bond acceptors (Lipinski definition) is 4. The van der Waals surface area contributed by atoms with Crippen LogP contribution in [0.25, 0.3) is 0 Å². The molecule has 2 N–H and O–H groups in total. The highest BCUT2D eigenvalue weighted by molar-refractivity contribution is 7.98. The maximum absolute atomic E-state index is 14.3. The first kappa shape index (κ1) is 23.1. The van der Waals surface area contributed by atoms with Crippen molar-refractivity contribution >= 4 is 29.3 Å². The molecule has 2 unspecified atom stereocenters. The van der Waals surface area contributed by atoms with E-state index in [4.69, 9.17) is 0 Å². The number of benzene rings is 2. The van der Waals surface area contributed by atoms with Gasteiger partial charge < -0.3 is 15.5 Å². The van der Waals surface area contributed by atoms with Crippen LogP contribution in [0.3, 0.4) is 0 Å². The van der Waals surface area contributed by atoms with E-state index in [1.165, 1.54) is 6.07 Å². The summed E-state index contributed by atoms with van der Waals surface area (Å²) in [5, 5.41) is 5.97. The van der Waals surface area contributed by atoms with Gasteiger partial charge in [-0.05, 0) is 68.0 Å². The Morgan fingerprint density at radius 1 is 1.23 bits per heavy atom. The first-order valence-corrected chi connectivity index (χ1v) is 12.0. The monoisotopic (exact) mass is 443 g/mol. The number of halogens is 1. The van der Waals surface area contributed by atoms with Crippen molar-refractivity contribution in [2.24, 2.45) is 0 Å². The molecule has 0 bridgehead atoms. The Morgan fingerprint density at radius 2 is 2.00 bits per heavy atom. The molecule has 1 aliphatic heterocycles. The second-order valence-corrected chi connectivity index (χ2v) is 8.91. The molecule has 0 saturated carbocycles. The van der Waals surface area contributed by atoms with Gasteiger partial charge in [-0.15, -0.1) is 0 Å². The lowest BCUT2D eigenvalue weighted by molar-refractivity contribution is -0.123. The number of nitrogens with zero attached hydrogens (tertiary/aromatic N) is 1. The van der Waals surface area contributed by atoms with Crippen molar-refractivity contribution in [2.45, 2.75) is 38.3 Å². The fourth-order valence-electron chi connectivity index (χ4n) is 3.82. The Hall–Kier alpha value is -2.54. The summed E-state index contributed by atoms with van der Waals surface area (Å²) in [6, 6.07) is 13.3. The van der Waals surface area contributed by atoms with Crippen molar-refractivity contribution < 1.29 is 14.0 Å². The molecule has 5 nitrogen and oxygen atoms in total. The summed E-state index contributed by atoms with van der Waals surface area (Å²) >= 11 is 1.64. The number of hydrogen-bond donors (Lipinski definition) is 2. The zero-order chi connectivity index (χ0) is 22.2. The summed E-state index contributed by atoms with van der Waals surface area (Å²) in [6.45, 7) is 3.25. The molecule has 2 amide bonds. The molecule has 2 aromatic rings. The van der Waals surface area contributed by atoms with Crippen LogP contribution in [-0.2, 0) is 4.79 Å². The van der Waals surface area contributed by atoms with Crippen LogP contribution in [0.2, 0.25) is 0 Å². The van der Waals surface area contributed by atoms with Gasteiger partial charge >= 0.3 is 0 Å². The van der Waals surface area contributed by atoms with Crippen molar-refractivity contribution in [3.05, 3.63) is 65.5 Å². The minimum Gasteiger partial charge on any atom is -0.367 e. The number of piperidine rings is 1. The molecular weight excluding hydrogens is 413 g/mol. The van der Waals surface area contributed by atoms with Crippen LogP contribution < -0.4 is 15.5 Å². The molecular formula is C24H30FN3O2S. The highest BCUT2D eigenvalue weighted by Gasteiger charge is 2.27. The van der Waals surface area contributed by atoms with Crippen molar-refractivity contribution in [1.82, 2.24) is 10.6 Å². The fraction of sp³-hybridized carbons (Fsp3) is 0.417. The summed E-state index contributed by atoms with van der Waals surface area (Å²) in [6.07, 6.45) is 4.22. The van der Waals surface area contributed by atoms with E-state index >= 15 is 0 Å². The standard InChI is InChI=1S/C24H30FN3O2S/c1-17-10-11-20(25)22(15-17)28-13-6-9-19(16-28)26-24(30)21(12-14-31-2)27-23(29)18-7-4-3-5-8-18/h3-5,7-8,10-11,15,19,21H,6,9,12-14,16H2,1-2H3,(H,26,30)(H,27,29). The van der Waals surface area contributed by atoms with E-state index in [1.807, 2.05) is 30.2 Å². The van der Waals surface area contributed by atoms with Gasteiger partial charge in [-0.1, -0.05) is 24.3 Å². The van der Waals surface area contributed by atoms with Gasteiger partial charge in [-0.3, -0.25) is 9.59 Å². The SMILES string of the molecule is CSCCC(NC(=O)c1ccccc1)C(=O)NC1CCCN(c2cc(C)ccc2F)C1. The number of amides is 2. The van der Waals surface area contributed by atoms with Crippen LogP contribution in [0.1, 0.15) is 35.2 Å². The van der Waals surface area contributed by atoms with E-state index in [-0.39, 0.29) is 23.7 Å². The van der Waals surface area contributed by atoms with E-state index in [0.29, 0.717) is 24.2 Å². The number of rotatable bonds is 8. The van der Waals surface area contributed by atoms with Crippen LogP contribution in [0.15, 0.2) is 48.5 Å². The fourth-order valence-corrected chi connectivity index (χ4v) is 4.29. The zero-order valence-electron chi connectivity index (χ0n) is 18.1. The van der Waals surface area contributed by atoms with Gasteiger partial charge in [0.15, 0.2) is 0 Å². The number of carbonyl (C=O) groups is 2. The van der Waals surface area contributed by atoms with Gasteiger partial charge in [0.2, 0.25) is 5.91 Å². The van der Waals surface area contributed by atoms with Gasteiger partial charge in [0.25, 0.3) is 5.91 Å². The number of nitrogens with one attached hydrogen (secondary N) is 2. The Bertz CT molecular complexity index is 894. The Labute approximate surface area is 187 Å². The first-order valence-electron chi connectivity index (χ1n) is 10.6. The third kappa shape index (κ3) is 6.47. The van der Waals surface area contributed by atoms with E-state index in [2.05, 4.69) is 10.6 Å². The second kappa shape index (κ2) is 11.2. The molecule has 1 saturated heterocycles. The van der Waals surface area contributed by atoms with E-state index in [9.17, 15) is 14.0 Å². The number of anilines is 1. The van der Waals surface area contributed by atoms with Crippen LogP contribution in [0.4, 0.5) is 10.1 Å². The lowest BCUT2D eigenvalue weighted by atomic mass is 10.0. The minimum absolute atomic E-state index is 0.0911. The summed E-state index contributed by atoms with van der Waals surface area (Å²) < 4.78 is 14.3. The molecule has 0 radical (unpaired) electrons. The maximum atomic E-state index is 14.3. The van der Waals surface area contributed by atoms with Gasteiger partial charge in [-0.2, -0.15) is 11.8 Å². The quantitative estimate of drug-likeness (QED) is 0.652. The normalized spacial score (nSPS) is 17.1. The molecule has 3 rings (SSSR count). The highest BCUT2D eigenvalue weighted by Crippen LogP contribution is 2.24. The van der Waals surface area contributed by atoms with Crippen LogP contribution in [0, 0.1) is 12.7 Å². The highest BCUT2D eigenvalue weighted by atomic mass is 32.2. The second-order valence-electron chi connectivity index (χ2n) is 7.92. The summed E-state index contributed by atoms with van der Waals surface area (Å²) in [7, 11) is 0. The van der Waals surface area contributed by atoms with Crippen LogP contribution in [0.5, 0.6) is 0 Å². The van der Waals surface area contributed by atoms with E-state index in [0.717, 1.165) is 30.7 Å². The predicted octanol–water partition coefficient (Wildman–Crippen LogP) is 3.77. The number of thioether (sulfide) groups is 1. The van der Waals surface area contributed by atoms with E-state index < -0.39 is 6.04 Å². The minimum atomic E-state index is -0.605. The average Bonchev–Trinajstić information content (AvgIpc) is 2.78. The molecule has 1 heterocycles. The molecule has 1 fully saturated rings. The molecule has 166 valence electrons. The van der Waals surface area contributed by atoms with Gasteiger partial charge in [0, 0.05) is 24.7 Å². The average molecular weight is 444 g/mol. The lowest BCUT2D eigenvalue weighted by Crippen LogP contribution is -2.54. The Kier molecular flexibility index (Phi) is 8.35. The Balaban J connectivity index is 1.64. The third-order valence-corrected chi connectivity index (χ3v) is 6.12. The molecule has 0 aliphatic carbocycles. The first-order chi connectivity index (χ1) is 15.0. The smallest absolute Gasteiger partial charge is 0.251 e. The zero-order valence-corrected chi connectivity index (χ0v) is 18.9. The summed E-state index contributed by atoms with van der Waals surface area (Å²) in [4.78, 5) is 27.6. The lowest BCUT2D eigenvalue weighted by Gasteiger charge is -2.35. The molecule has 7 heteroatoms. The molecule has 0 aromatic heterocycles. The molecule has 2 aromatic carbocycles. The topological polar surface area (TPSA) is 61.4 Å². The third-order valence-electron chi connectivity index (χ3n) is 5.48. The summed E-state index contributed by atoms with van der Waals surface area (Å²) in [5.41, 5.74) is 2.11. The van der Waals surface area contributed by atoms with Crippen LogP contribution in [-0.4, -0.2) is 49.0 Å². The van der Waals surface area contributed by atoms with Gasteiger partial charge in [-0.25, -0.2) is 4.39 Å². The number of carbonyl (C=O) groups excluding carboxylic acids is 2. The molecule has 31 heavy (non-hydrogen) atoms. The van der Waals surface area contributed by atoms with Crippen molar-refractivity contribution in [1.29, 1.82) is 0 Å². The van der Waals surface area contributed by atoms with Crippen molar-refractivity contribution in [2.75, 3.05) is 30.0 Å². The maximum Gasteiger partial charge on any atom is 0.251 e. The van der Waals surface area contributed by atoms with Crippen molar-refractivity contribution in [3.63, 3.8) is 0 Å². The van der Waals surface area contributed by atoms with Crippen LogP contribution >= 0.6 is 11.8 Å². The largest absolute Gasteiger partial charge is 0.367 e. The molecule has 1 aliphatic rings. The van der Waals surface area contributed by atoms with E-state index in [1.54, 1.807) is 42.1 Å². The molecule has 0 spiro atoms. The van der Waals surface area contributed by atoms with Gasteiger partial charge in [0.05, 0.1) is 5.69 Å². The Morgan fingerprint density at radius 3 is 2.74 bits per heavy atom.